The Morgan fingerprint density at radius 1 is 1.41 bits per heavy atom. The van der Waals surface area contributed by atoms with Crippen LogP contribution in [-0.2, 0) is 4.79 Å². The molecular formula is C13H16N2O2. The third-order valence-electron chi connectivity index (χ3n) is 2.81. The van der Waals surface area contributed by atoms with Crippen molar-refractivity contribution in [2.24, 2.45) is 0 Å². The van der Waals surface area contributed by atoms with E-state index in [9.17, 15) is 4.79 Å². The largest absolute Gasteiger partial charge is 0.497 e. The predicted molar refractivity (Wildman–Crippen MR) is 66.9 cm³/mol. The molecule has 2 rings (SSSR count). The van der Waals surface area contributed by atoms with Crippen molar-refractivity contribution in [3.05, 3.63) is 36.5 Å². The lowest BCUT2D eigenvalue weighted by Gasteiger charge is -2.26. The topological polar surface area (TPSA) is 50.4 Å². The molecule has 17 heavy (non-hydrogen) atoms. The third-order valence-corrected chi connectivity index (χ3v) is 2.81. The Bertz CT molecular complexity index is 426. The average Bonchev–Trinajstić information content (AvgIpc) is 2.34. The fourth-order valence-corrected chi connectivity index (χ4v) is 1.83. The highest BCUT2D eigenvalue weighted by molar-refractivity contribution is 5.79. The summed E-state index contributed by atoms with van der Waals surface area (Å²) in [4.78, 5) is 11.1. The highest BCUT2D eigenvalue weighted by atomic mass is 16.5. The molecule has 1 aromatic rings. The summed E-state index contributed by atoms with van der Waals surface area (Å²) in [5.74, 6) is 0.870. The second kappa shape index (κ2) is 4.91. The number of anilines is 1. The molecular weight excluding hydrogens is 216 g/mol. The first-order valence-electron chi connectivity index (χ1n) is 5.58. The van der Waals surface area contributed by atoms with Crippen molar-refractivity contribution < 1.29 is 9.53 Å². The Morgan fingerprint density at radius 2 is 2.12 bits per heavy atom. The molecule has 0 spiro atoms. The predicted octanol–water partition coefficient (Wildman–Crippen LogP) is 1.90. The summed E-state index contributed by atoms with van der Waals surface area (Å²) in [5.41, 5.74) is 1.73. The van der Waals surface area contributed by atoms with Gasteiger partial charge in [-0.15, -0.1) is 0 Å². The highest BCUT2D eigenvalue weighted by Gasteiger charge is 2.21. The Hall–Kier alpha value is -1.97. The number of carbonyl (C=O) groups excluding carboxylic acids is 1. The highest BCUT2D eigenvalue weighted by Crippen LogP contribution is 2.20. The molecule has 1 amide bonds. The van der Waals surface area contributed by atoms with Crippen molar-refractivity contribution in [2.75, 3.05) is 12.4 Å². The van der Waals surface area contributed by atoms with Gasteiger partial charge in [-0.25, -0.2) is 0 Å². The number of carbonyl (C=O) groups is 1. The van der Waals surface area contributed by atoms with Gasteiger partial charge in [0.1, 0.15) is 5.75 Å². The molecule has 4 heteroatoms. The summed E-state index contributed by atoms with van der Waals surface area (Å²) in [6.07, 6.45) is 1.31. The molecule has 4 nitrogen and oxygen atoms in total. The van der Waals surface area contributed by atoms with Crippen LogP contribution in [-0.4, -0.2) is 19.1 Å². The van der Waals surface area contributed by atoms with Crippen LogP contribution in [0.3, 0.4) is 0 Å². The molecule has 1 aromatic carbocycles. The van der Waals surface area contributed by atoms with E-state index in [1.807, 2.05) is 24.3 Å². The van der Waals surface area contributed by atoms with Crippen molar-refractivity contribution in [1.82, 2.24) is 5.32 Å². The normalized spacial score (nSPS) is 19.7. The van der Waals surface area contributed by atoms with E-state index in [0.29, 0.717) is 6.42 Å². The smallest absolute Gasteiger partial charge is 0.224 e. The van der Waals surface area contributed by atoms with E-state index in [4.69, 9.17) is 4.74 Å². The van der Waals surface area contributed by atoms with Gasteiger partial charge in [-0.2, -0.15) is 0 Å². The average molecular weight is 232 g/mol. The van der Waals surface area contributed by atoms with Gasteiger partial charge in [0, 0.05) is 17.8 Å². The second-order valence-corrected chi connectivity index (χ2v) is 4.04. The maximum absolute atomic E-state index is 11.1. The number of rotatable bonds is 3. The maximum Gasteiger partial charge on any atom is 0.224 e. The molecule has 1 saturated heterocycles. The van der Waals surface area contributed by atoms with Gasteiger partial charge in [0.2, 0.25) is 5.91 Å². The van der Waals surface area contributed by atoms with Gasteiger partial charge in [-0.3, -0.25) is 4.79 Å². The molecule has 1 heterocycles. The minimum absolute atomic E-state index is 0.0442. The SMILES string of the molecule is C=C1NC(=O)CCC1Nc1ccc(OC)cc1. The summed E-state index contributed by atoms with van der Waals surface area (Å²) in [6, 6.07) is 7.78. The van der Waals surface area contributed by atoms with E-state index in [1.165, 1.54) is 0 Å². The van der Waals surface area contributed by atoms with E-state index < -0.39 is 0 Å². The minimum atomic E-state index is 0.0442. The van der Waals surface area contributed by atoms with Gasteiger partial charge >= 0.3 is 0 Å². The van der Waals surface area contributed by atoms with Crippen molar-refractivity contribution in [3.63, 3.8) is 0 Å². The Balaban J connectivity index is 2.00. The molecule has 0 aromatic heterocycles. The molecule has 0 bridgehead atoms. The van der Waals surface area contributed by atoms with Crippen LogP contribution in [0.2, 0.25) is 0 Å². The van der Waals surface area contributed by atoms with Crippen molar-refractivity contribution in [2.45, 2.75) is 18.9 Å². The molecule has 1 aliphatic heterocycles. The standard InChI is InChI=1S/C13H16N2O2/c1-9-12(7-8-13(16)14-9)15-10-3-5-11(17-2)6-4-10/h3-6,12,15H,1,7-8H2,2H3,(H,14,16). The molecule has 0 aliphatic carbocycles. The van der Waals surface area contributed by atoms with Crippen LogP contribution >= 0.6 is 0 Å². The van der Waals surface area contributed by atoms with E-state index in [2.05, 4.69) is 17.2 Å². The zero-order chi connectivity index (χ0) is 12.3. The van der Waals surface area contributed by atoms with Gasteiger partial charge < -0.3 is 15.4 Å². The number of amides is 1. The van der Waals surface area contributed by atoms with E-state index in [0.717, 1.165) is 23.6 Å². The lowest BCUT2D eigenvalue weighted by Crippen LogP contribution is -2.39. The first-order chi connectivity index (χ1) is 8.19. The van der Waals surface area contributed by atoms with Crippen molar-refractivity contribution in [3.8, 4) is 5.75 Å². The van der Waals surface area contributed by atoms with E-state index in [1.54, 1.807) is 7.11 Å². The van der Waals surface area contributed by atoms with Gasteiger partial charge in [0.05, 0.1) is 13.2 Å². The van der Waals surface area contributed by atoms with Gasteiger partial charge in [0.15, 0.2) is 0 Å². The molecule has 0 radical (unpaired) electrons. The summed E-state index contributed by atoms with van der Waals surface area (Å²) in [6.45, 7) is 3.86. The second-order valence-electron chi connectivity index (χ2n) is 4.04. The number of hydrogen-bond donors (Lipinski definition) is 2. The Kier molecular flexibility index (Phi) is 3.32. The molecule has 1 fully saturated rings. The Morgan fingerprint density at radius 3 is 2.71 bits per heavy atom. The maximum atomic E-state index is 11.1. The van der Waals surface area contributed by atoms with Crippen LogP contribution in [0.15, 0.2) is 36.5 Å². The first kappa shape index (κ1) is 11.5. The van der Waals surface area contributed by atoms with Crippen LogP contribution in [0.1, 0.15) is 12.8 Å². The van der Waals surface area contributed by atoms with Gasteiger partial charge in [0.25, 0.3) is 0 Å². The number of piperidine rings is 1. The summed E-state index contributed by atoms with van der Waals surface area (Å²) < 4.78 is 5.09. The monoisotopic (exact) mass is 232 g/mol. The van der Waals surface area contributed by atoms with E-state index in [-0.39, 0.29) is 11.9 Å². The summed E-state index contributed by atoms with van der Waals surface area (Å²) in [7, 11) is 1.64. The molecule has 2 N–H and O–H groups in total. The molecule has 1 unspecified atom stereocenters. The number of benzene rings is 1. The number of nitrogens with one attached hydrogen (secondary N) is 2. The number of hydrogen-bond acceptors (Lipinski definition) is 3. The lowest BCUT2D eigenvalue weighted by atomic mass is 10.0. The number of ether oxygens (including phenoxy) is 1. The van der Waals surface area contributed by atoms with Crippen LogP contribution in [0.5, 0.6) is 5.75 Å². The van der Waals surface area contributed by atoms with Crippen LogP contribution in [0.4, 0.5) is 5.69 Å². The fraction of sp³-hybridized carbons (Fsp3) is 0.308. The summed E-state index contributed by atoms with van der Waals surface area (Å²) in [5, 5.41) is 6.08. The van der Waals surface area contributed by atoms with Crippen LogP contribution in [0.25, 0.3) is 0 Å². The molecule has 0 saturated carbocycles. The van der Waals surface area contributed by atoms with Gasteiger partial charge in [-0.05, 0) is 30.7 Å². The Labute approximate surface area is 101 Å². The zero-order valence-electron chi connectivity index (χ0n) is 9.82. The minimum Gasteiger partial charge on any atom is -0.497 e. The fourth-order valence-electron chi connectivity index (χ4n) is 1.83. The van der Waals surface area contributed by atoms with Crippen molar-refractivity contribution >= 4 is 11.6 Å². The first-order valence-corrected chi connectivity index (χ1v) is 5.58. The zero-order valence-corrected chi connectivity index (χ0v) is 9.82. The molecule has 1 atom stereocenters. The van der Waals surface area contributed by atoms with Crippen LogP contribution in [0, 0.1) is 0 Å². The summed E-state index contributed by atoms with van der Waals surface area (Å²) >= 11 is 0. The quantitative estimate of drug-likeness (QED) is 0.836. The molecule has 1 aliphatic rings. The lowest BCUT2D eigenvalue weighted by molar-refractivity contribution is -0.121. The van der Waals surface area contributed by atoms with Crippen LogP contribution < -0.4 is 15.4 Å². The van der Waals surface area contributed by atoms with E-state index >= 15 is 0 Å². The third kappa shape index (κ3) is 2.78. The number of methoxy groups -OCH3 is 1. The molecule has 90 valence electrons. The van der Waals surface area contributed by atoms with Crippen molar-refractivity contribution in [1.29, 1.82) is 0 Å². The van der Waals surface area contributed by atoms with Gasteiger partial charge in [-0.1, -0.05) is 6.58 Å².